The van der Waals surface area contributed by atoms with E-state index in [2.05, 4.69) is 17.6 Å². The van der Waals surface area contributed by atoms with E-state index in [9.17, 15) is 14.4 Å². The summed E-state index contributed by atoms with van der Waals surface area (Å²) >= 11 is 0. The predicted molar refractivity (Wildman–Crippen MR) is 117 cm³/mol. The van der Waals surface area contributed by atoms with Crippen molar-refractivity contribution < 1.29 is 23.9 Å². The second-order valence-electron chi connectivity index (χ2n) is 7.84. The van der Waals surface area contributed by atoms with E-state index in [4.69, 9.17) is 9.47 Å². The third kappa shape index (κ3) is 5.84. The number of hydrogen-bond acceptors (Lipinski definition) is 5. The number of hydrogen-bond donors (Lipinski definition) is 2. The summed E-state index contributed by atoms with van der Waals surface area (Å²) in [6, 6.07) is 14.9. The summed E-state index contributed by atoms with van der Waals surface area (Å²) in [7, 11) is 0. The molecular weight excluding hydrogens is 396 g/mol. The van der Waals surface area contributed by atoms with Crippen LogP contribution in [0.2, 0.25) is 0 Å². The largest absolute Gasteiger partial charge is 0.478 e. The van der Waals surface area contributed by atoms with Gasteiger partial charge in [-0.25, -0.2) is 0 Å². The zero-order valence-electron chi connectivity index (χ0n) is 18.0. The van der Waals surface area contributed by atoms with Crippen LogP contribution in [0.3, 0.4) is 0 Å². The number of para-hydroxylation sites is 2. The Morgan fingerprint density at radius 3 is 2.52 bits per heavy atom. The lowest BCUT2D eigenvalue weighted by Gasteiger charge is -2.25. The molecule has 2 aromatic rings. The first-order chi connectivity index (χ1) is 14.9. The first kappa shape index (κ1) is 22.3. The van der Waals surface area contributed by atoms with Crippen LogP contribution in [0.1, 0.15) is 44.4 Å². The molecule has 0 saturated heterocycles. The van der Waals surface area contributed by atoms with Gasteiger partial charge in [0.25, 0.3) is 11.8 Å². The van der Waals surface area contributed by atoms with E-state index >= 15 is 0 Å². The minimum atomic E-state index is -0.994. The van der Waals surface area contributed by atoms with Crippen LogP contribution in [0.15, 0.2) is 48.5 Å². The van der Waals surface area contributed by atoms with Crippen LogP contribution in [-0.4, -0.2) is 30.5 Å². The number of anilines is 1. The summed E-state index contributed by atoms with van der Waals surface area (Å²) in [5, 5.41) is 5.62. The summed E-state index contributed by atoms with van der Waals surface area (Å²) in [5.74, 6) is -0.845. The lowest BCUT2D eigenvalue weighted by molar-refractivity contribution is -0.151. The molecule has 7 nitrogen and oxygen atoms in total. The highest BCUT2D eigenvalue weighted by molar-refractivity contribution is 5.99. The first-order valence-electron chi connectivity index (χ1n) is 10.5. The minimum absolute atomic E-state index is 0.159. The van der Waals surface area contributed by atoms with Gasteiger partial charge in [-0.2, -0.15) is 0 Å². The Kier molecular flexibility index (Phi) is 7.28. The Morgan fingerprint density at radius 2 is 1.84 bits per heavy atom. The van der Waals surface area contributed by atoms with Gasteiger partial charge in [-0.15, -0.1) is 0 Å². The molecule has 0 spiro atoms. The molecule has 0 unspecified atom stereocenters. The summed E-state index contributed by atoms with van der Waals surface area (Å²) in [6.07, 6.45) is -0.325. The molecule has 0 aromatic heterocycles. The van der Waals surface area contributed by atoms with E-state index in [1.54, 1.807) is 24.3 Å². The number of rotatable bonds is 8. The lowest BCUT2D eigenvalue weighted by Crippen LogP contribution is -2.39. The summed E-state index contributed by atoms with van der Waals surface area (Å²) in [6.45, 7) is 5.70. The average Bonchev–Trinajstić information content (AvgIpc) is 2.76. The van der Waals surface area contributed by atoms with Crippen LogP contribution in [0.5, 0.6) is 5.75 Å². The quantitative estimate of drug-likeness (QED) is 0.634. The highest BCUT2D eigenvalue weighted by atomic mass is 16.5. The molecule has 0 aliphatic carbocycles. The molecule has 0 fully saturated rings. The number of nitrogens with one attached hydrogen (secondary N) is 2. The maximum absolute atomic E-state index is 12.4. The minimum Gasteiger partial charge on any atom is -0.478 e. The van der Waals surface area contributed by atoms with Crippen LogP contribution in [0.25, 0.3) is 0 Å². The fraction of sp³-hybridized carbons (Fsp3) is 0.375. The number of benzene rings is 2. The molecule has 2 aromatic carbocycles. The van der Waals surface area contributed by atoms with Gasteiger partial charge >= 0.3 is 5.97 Å². The van der Waals surface area contributed by atoms with Gasteiger partial charge in [-0.1, -0.05) is 57.2 Å². The summed E-state index contributed by atoms with van der Waals surface area (Å²) in [4.78, 5) is 36.7. The van der Waals surface area contributed by atoms with Crippen LogP contribution in [-0.2, 0) is 25.5 Å². The van der Waals surface area contributed by atoms with Crippen molar-refractivity contribution in [1.29, 1.82) is 0 Å². The van der Waals surface area contributed by atoms with Crippen LogP contribution in [0, 0.1) is 5.92 Å². The number of esters is 1. The highest BCUT2D eigenvalue weighted by Gasteiger charge is 2.30. The van der Waals surface area contributed by atoms with E-state index in [-0.39, 0.29) is 18.4 Å². The molecule has 1 aliphatic rings. The molecule has 2 N–H and O–H groups in total. The average molecular weight is 424 g/mol. The van der Waals surface area contributed by atoms with Gasteiger partial charge in [0, 0.05) is 0 Å². The monoisotopic (exact) mass is 424 g/mol. The number of ether oxygens (including phenoxy) is 2. The van der Waals surface area contributed by atoms with Crippen molar-refractivity contribution >= 4 is 23.5 Å². The molecule has 31 heavy (non-hydrogen) atoms. The Morgan fingerprint density at radius 1 is 1.13 bits per heavy atom. The molecule has 0 radical (unpaired) electrons. The molecule has 1 aliphatic heterocycles. The van der Waals surface area contributed by atoms with Gasteiger partial charge in [0.15, 0.2) is 12.7 Å². The van der Waals surface area contributed by atoms with E-state index in [0.29, 0.717) is 11.4 Å². The highest BCUT2D eigenvalue weighted by Crippen LogP contribution is 2.29. The fourth-order valence-corrected chi connectivity index (χ4v) is 3.39. The second kappa shape index (κ2) is 10.1. The van der Waals surface area contributed by atoms with E-state index in [1.165, 1.54) is 5.56 Å². The molecule has 0 bridgehead atoms. The van der Waals surface area contributed by atoms with Gasteiger partial charge in [-0.05, 0) is 35.6 Å². The fourth-order valence-electron chi connectivity index (χ4n) is 3.39. The van der Waals surface area contributed by atoms with Crippen molar-refractivity contribution in [3.8, 4) is 5.75 Å². The molecule has 164 valence electrons. The maximum Gasteiger partial charge on any atom is 0.310 e. The zero-order valence-corrected chi connectivity index (χ0v) is 18.0. The van der Waals surface area contributed by atoms with Gasteiger partial charge in [-0.3, -0.25) is 14.4 Å². The SMILES string of the molecule is CCc1ccc([C@@H](NC(=O)COC(=O)C[C@H]2Oc3ccccc3NC2=O)C(C)C)cc1. The van der Waals surface area contributed by atoms with Crippen molar-refractivity contribution in [3.05, 3.63) is 59.7 Å². The maximum atomic E-state index is 12.4. The predicted octanol–water partition coefficient (Wildman–Crippen LogP) is 3.40. The normalized spacial score (nSPS) is 16.0. The van der Waals surface area contributed by atoms with E-state index in [1.807, 2.05) is 38.1 Å². The van der Waals surface area contributed by atoms with Gasteiger partial charge in [0.2, 0.25) is 0 Å². The standard InChI is InChI=1S/C24H28N2O5/c1-4-16-9-11-17(12-10-16)23(15(2)3)26-21(27)14-30-22(28)13-20-24(29)25-18-7-5-6-8-19(18)31-20/h5-12,15,20,23H,4,13-14H2,1-3H3,(H,25,29)(H,26,27)/t20-,23+/m1/s1. The third-order valence-electron chi connectivity index (χ3n) is 5.15. The molecule has 1 heterocycles. The Bertz CT molecular complexity index is 939. The molecule has 0 saturated carbocycles. The lowest BCUT2D eigenvalue weighted by atomic mass is 9.95. The van der Waals surface area contributed by atoms with Crippen LogP contribution >= 0.6 is 0 Å². The van der Waals surface area contributed by atoms with Crippen molar-refractivity contribution in [2.24, 2.45) is 5.92 Å². The van der Waals surface area contributed by atoms with Crippen molar-refractivity contribution in [2.45, 2.75) is 45.8 Å². The molecule has 2 amide bonds. The molecular formula is C24H28N2O5. The zero-order chi connectivity index (χ0) is 22.4. The number of fused-ring (bicyclic) bond motifs is 1. The number of aryl methyl sites for hydroxylation is 1. The van der Waals surface area contributed by atoms with Crippen LogP contribution in [0.4, 0.5) is 5.69 Å². The van der Waals surface area contributed by atoms with Crippen molar-refractivity contribution in [1.82, 2.24) is 5.32 Å². The molecule has 2 atom stereocenters. The first-order valence-corrected chi connectivity index (χ1v) is 10.5. The summed E-state index contributed by atoms with van der Waals surface area (Å²) < 4.78 is 10.7. The van der Waals surface area contributed by atoms with Gasteiger partial charge in [0.05, 0.1) is 18.2 Å². The Labute approximate surface area is 182 Å². The third-order valence-corrected chi connectivity index (χ3v) is 5.15. The van der Waals surface area contributed by atoms with E-state index < -0.39 is 30.5 Å². The van der Waals surface area contributed by atoms with Gasteiger partial charge < -0.3 is 20.1 Å². The number of amides is 2. The van der Waals surface area contributed by atoms with Gasteiger partial charge in [0.1, 0.15) is 5.75 Å². The number of carbonyl (C=O) groups excluding carboxylic acids is 3. The Hall–Kier alpha value is -3.35. The second-order valence-corrected chi connectivity index (χ2v) is 7.84. The molecule has 3 rings (SSSR count). The van der Waals surface area contributed by atoms with Crippen molar-refractivity contribution in [3.63, 3.8) is 0 Å². The smallest absolute Gasteiger partial charge is 0.310 e. The van der Waals surface area contributed by atoms with Crippen molar-refractivity contribution in [2.75, 3.05) is 11.9 Å². The van der Waals surface area contributed by atoms with Crippen LogP contribution < -0.4 is 15.4 Å². The topological polar surface area (TPSA) is 93.7 Å². The molecule has 7 heteroatoms. The number of carbonyl (C=O) groups is 3. The summed E-state index contributed by atoms with van der Waals surface area (Å²) in [5.41, 5.74) is 2.78. The van der Waals surface area contributed by atoms with E-state index in [0.717, 1.165) is 12.0 Å². The Balaban J connectivity index is 1.51.